The normalized spacial score (nSPS) is 10.9. The number of nitrogens with zero attached hydrogens (tertiary/aromatic N) is 2. The molecule has 0 radical (unpaired) electrons. The fourth-order valence-corrected chi connectivity index (χ4v) is 0.904. The number of pyridine rings is 1. The first-order valence-corrected chi connectivity index (χ1v) is 3.83. The molecule has 0 aliphatic heterocycles. The number of nitriles is 1. The lowest BCUT2D eigenvalue weighted by molar-refractivity contribution is -0.276. The molecule has 1 rings (SSSR count). The van der Waals surface area contributed by atoms with Crippen molar-refractivity contribution in [2.75, 3.05) is 5.73 Å². The molecule has 2 N–H and O–H groups in total. The monoisotopic (exact) mass is 237 g/mol. The van der Waals surface area contributed by atoms with Crippen LogP contribution in [0.5, 0.6) is 5.88 Å². The number of nitrogens with two attached hydrogens (primary N) is 1. The molecule has 1 aromatic heterocycles. The van der Waals surface area contributed by atoms with Gasteiger partial charge in [-0.1, -0.05) is 11.6 Å². The number of halogens is 4. The standard InChI is InChI=1S/C7H3ClF3N3O/c8-4-1-3(2-12)6(14-5(4)13)15-7(9,10)11/h1H,(H2,13,14). The van der Waals surface area contributed by atoms with E-state index < -0.39 is 17.8 Å². The van der Waals surface area contributed by atoms with Gasteiger partial charge in [-0.25, -0.2) is 0 Å². The number of anilines is 1. The van der Waals surface area contributed by atoms with E-state index in [9.17, 15) is 13.2 Å². The largest absolute Gasteiger partial charge is 0.574 e. The molecular formula is C7H3ClF3N3O. The summed E-state index contributed by atoms with van der Waals surface area (Å²) in [6, 6.07) is 2.41. The SMILES string of the molecule is N#Cc1cc(Cl)c(N)nc1OC(F)(F)F. The summed E-state index contributed by atoms with van der Waals surface area (Å²) in [4.78, 5) is 3.21. The van der Waals surface area contributed by atoms with Crippen molar-refractivity contribution in [2.45, 2.75) is 6.36 Å². The van der Waals surface area contributed by atoms with Crippen LogP contribution in [0.2, 0.25) is 5.02 Å². The van der Waals surface area contributed by atoms with Gasteiger partial charge in [0.2, 0.25) is 5.88 Å². The fraction of sp³-hybridized carbons (Fsp3) is 0.143. The molecule has 0 fully saturated rings. The van der Waals surface area contributed by atoms with E-state index in [4.69, 9.17) is 22.6 Å². The Morgan fingerprint density at radius 3 is 2.60 bits per heavy atom. The molecule has 15 heavy (non-hydrogen) atoms. The van der Waals surface area contributed by atoms with Crippen molar-refractivity contribution in [1.82, 2.24) is 4.98 Å². The van der Waals surface area contributed by atoms with Crippen LogP contribution < -0.4 is 10.5 Å². The van der Waals surface area contributed by atoms with Gasteiger partial charge in [0.1, 0.15) is 17.5 Å². The van der Waals surface area contributed by atoms with Gasteiger partial charge in [-0.3, -0.25) is 0 Å². The topological polar surface area (TPSA) is 71.9 Å². The maximum absolute atomic E-state index is 11.8. The van der Waals surface area contributed by atoms with Crippen LogP contribution in [0.25, 0.3) is 0 Å². The Labute approximate surface area is 87.0 Å². The lowest BCUT2D eigenvalue weighted by atomic mass is 10.3. The minimum Gasteiger partial charge on any atom is -0.386 e. The van der Waals surface area contributed by atoms with E-state index in [0.717, 1.165) is 6.07 Å². The third-order valence-corrected chi connectivity index (χ3v) is 1.60. The highest BCUT2D eigenvalue weighted by molar-refractivity contribution is 6.32. The minimum atomic E-state index is -4.93. The van der Waals surface area contributed by atoms with Crippen LogP contribution in [0.15, 0.2) is 6.07 Å². The first kappa shape index (κ1) is 11.4. The van der Waals surface area contributed by atoms with Crippen molar-refractivity contribution in [1.29, 1.82) is 5.26 Å². The Kier molecular flexibility index (Phi) is 2.90. The predicted molar refractivity (Wildman–Crippen MR) is 45.1 cm³/mol. The predicted octanol–water partition coefficient (Wildman–Crippen LogP) is 2.09. The summed E-state index contributed by atoms with van der Waals surface area (Å²) >= 11 is 5.46. The summed E-state index contributed by atoms with van der Waals surface area (Å²) in [5.41, 5.74) is 4.72. The van der Waals surface area contributed by atoms with E-state index in [1.807, 2.05) is 0 Å². The Hall–Kier alpha value is -1.68. The van der Waals surface area contributed by atoms with E-state index in [-0.39, 0.29) is 10.8 Å². The Morgan fingerprint density at radius 2 is 2.13 bits per heavy atom. The van der Waals surface area contributed by atoms with Gasteiger partial charge < -0.3 is 10.5 Å². The molecule has 0 aliphatic rings. The zero-order valence-corrected chi connectivity index (χ0v) is 7.73. The van der Waals surface area contributed by atoms with Crippen molar-refractivity contribution in [3.8, 4) is 11.9 Å². The van der Waals surface area contributed by atoms with Gasteiger partial charge in [-0.2, -0.15) is 10.2 Å². The van der Waals surface area contributed by atoms with Gasteiger partial charge in [0, 0.05) is 0 Å². The quantitative estimate of drug-likeness (QED) is 0.812. The number of alkyl halides is 3. The van der Waals surface area contributed by atoms with Gasteiger partial charge in [0.15, 0.2) is 0 Å². The first-order valence-electron chi connectivity index (χ1n) is 3.45. The smallest absolute Gasteiger partial charge is 0.386 e. The number of rotatable bonds is 1. The molecule has 0 saturated carbocycles. The van der Waals surface area contributed by atoms with Crippen LogP contribution in [0.1, 0.15) is 5.56 Å². The van der Waals surface area contributed by atoms with E-state index in [1.54, 1.807) is 0 Å². The van der Waals surface area contributed by atoms with Crippen LogP contribution in [0.4, 0.5) is 19.0 Å². The van der Waals surface area contributed by atoms with Crippen molar-refractivity contribution in [3.05, 3.63) is 16.7 Å². The number of aromatic nitrogens is 1. The molecule has 1 aromatic rings. The second-order valence-electron chi connectivity index (χ2n) is 2.37. The Balaban J connectivity index is 3.18. The zero-order valence-electron chi connectivity index (χ0n) is 6.97. The number of hydrogen-bond acceptors (Lipinski definition) is 4. The molecule has 0 saturated heterocycles. The highest BCUT2D eigenvalue weighted by atomic mass is 35.5. The number of hydrogen-bond donors (Lipinski definition) is 1. The van der Waals surface area contributed by atoms with E-state index in [0.29, 0.717) is 0 Å². The first-order chi connectivity index (χ1) is 6.83. The average molecular weight is 238 g/mol. The summed E-state index contributed by atoms with van der Waals surface area (Å²) in [5, 5.41) is 8.38. The molecule has 1 heterocycles. The number of nitrogen functional groups attached to an aromatic ring is 1. The van der Waals surface area contributed by atoms with Crippen LogP contribution in [-0.4, -0.2) is 11.3 Å². The van der Waals surface area contributed by atoms with Gasteiger partial charge in [0.25, 0.3) is 0 Å². The summed E-state index contributed by atoms with van der Waals surface area (Å²) < 4.78 is 39.0. The summed E-state index contributed by atoms with van der Waals surface area (Å²) in [6.07, 6.45) is -4.93. The molecule has 80 valence electrons. The molecule has 4 nitrogen and oxygen atoms in total. The van der Waals surface area contributed by atoms with Crippen molar-refractivity contribution in [3.63, 3.8) is 0 Å². The summed E-state index contributed by atoms with van der Waals surface area (Å²) in [6.45, 7) is 0. The van der Waals surface area contributed by atoms with Crippen LogP contribution in [0, 0.1) is 11.3 Å². The van der Waals surface area contributed by atoms with Crippen LogP contribution >= 0.6 is 11.6 Å². The van der Waals surface area contributed by atoms with E-state index >= 15 is 0 Å². The van der Waals surface area contributed by atoms with Gasteiger partial charge >= 0.3 is 6.36 Å². The van der Waals surface area contributed by atoms with Gasteiger partial charge in [-0.15, -0.1) is 13.2 Å². The second kappa shape index (κ2) is 3.82. The van der Waals surface area contributed by atoms with E-state index in [2.05, 4.69) is 9.72 Å². The lowest BCUT2D eigenvalue weighted by Crippen LogP contribution is -2.19. The summed E-state index contributed by atoms with van der Waals surface area (Å²) in [5.74, 6) is -1.25. The van der Waals surface area contributed by atoms with Crippen molar-refractivity contribution in [2.24, 2.45) is 0 Å². The summed E-state index contributed by atoms with van der Waals surface area (Å²) in [7, 11) is 0. The zero-order chi connectivity index (χ0) is 11.6. The molecule has 0 aromatic carbocycles. The molecular weight excluding hydrogens is 235 g/mol. The third kappa shape index (κ3) is 2.89. The molecule has 0 spiro atoms. The molecule has 0 aliphatic carbocycles. The highest BCUT2D eigenvalue weighted by Crippen LogP contribution is 2.28. The molecule has 0 bridgehead atoms. The van der Waals surface area contributed by atoms with E-state index in [1.165, 1.54) is 6.07 Å². The molecule has 0 unspecified atom stereocenters. The van der Waals surface area contributed by atoms with Crippen molar-refractivity contribution >= 4 is 17.4 Å². The molecule has 8 heteroatoms. The van der Waals surface area contributed by atoms with Crippen molar-refractivity contribution < 1.29 is 17.9 Å². The second-order valence-corrected chi connectivity index (χ2v) is 2.77. The average Bonchev–Trinajstić information content (AvgIpc) is 2.08. The van der Waals surface area contributed by atoms with Crippen LogP contribution in [0.3, 0.4) is 0 Å². The third-order valence-electron chi connectivity index (χ3n) is 1.30. The lowest BCUT2D eigenvalue weighted by Gasteiger charge is -2.09. The van der Waals surface area contributed by atoms with Gasteiger partial charge in [0.05, 0.1) is 5.02 Å². The van der Waals surface area contributed by atoms with Crippen LogP contribution in [-0.2, 0) is 0 Å². The minimum absolute atomic E-state index is 0.110. The Bertz CT molecular complexity index is 427. The number of ether oxygens (including phenoxy) is 1. The maximum Gasteiger partial charge on any atom is 0.574 e. The fourth-order valence-electron chi connectivity index (χ4n) is 0.753. The Morgan fingerprint density at radius 1 is 1.53 bits per heavy atom. The highest BCUT2D eigenvalue weighted by Gasteiger charge is 2.33. The molecule has 0 atom stereocenters. The molecule has 0 amide bonds. The maximum atomic E-state index is 11.8. The van der Waals surface area contributed by atoms with Gasteiger partial charge in [-0.05, 0) is 6.07 Å².